The summed E-state index contributed by atoms with van der Waals surface area (Å²) in [4.78, 5) is 10.9. The Morgan fingerprint density at radius 1 is 1.38 bits per heavy atom. The zero-order valence-corrected chi connectivity index (χ0v) is 6.94. The zero-order chi connectivity index (χ0) is 9.10. The van der Waals surface area contributed by atoms with Crippen molar-refractivity contribution < 1.29 is 5.11 Å². The van der Waals surface area contributed by atoms with Crippen molar-refractivity contribution in [3.8, 4) is 11.3 Å². The predicted octanol–water partition coefficient (Wildman–Crippen LogP) is 0.964. The molecule has 4 heteroatoms. The van der Waals surface area contributed by atoms with Crippen LogP contribution < -0.4 is 0 Å². The smallest absolute Gasteiger partial charge is 0.132 e. The molecule has 2 N–H and O–H groups in total. The lowest BCUT2D eigenvalue weighted by Crippen LogP contribution is -1.84. The van der Waals surface area contributed by atoms with Crippen LogP contribution in [0.15, 0.2) is 30.7 Å². The summed E-state index contributed by atoms with van der Waals surface area (Å²) in [7, 11) is 0. The monoisotopic (exact) mass is 175 g/mol. The summed E-state index contributed by atoms with van der Waals surface area (Å²) < 4.78 is 0. The number of pyridine rings is 1. The van der Waals surface area contributed by atoms with Crippen LogP contribution in [-0.2, 0) is 6.61 Å². The second kappa shape index (κ2) is 3.37. The maximum absolute atomic E-state index is 8.79. The Hall–Kier alpha value is -1.68. The van der Waals surface area contributed by atoms with E-state index in [9.17, 15) is 0 Å². The minimum Gasteiger partial charge on any atom is -0.388 e. The zero-order valence-electron chi connectivity index (χ0n) is 6.94. The number of aromatic nitrogens is 3. The van der Waals surface area contributed by atoms with Crippen molar-refractivity contribution in [1.29, 1.82) is 0 Å². The highest BCUT2D eigenvalue weighted by molar-refractivity contribution is 5.56. The fraction of sp³-hybridized carbons (Fsp3) is 0.111. The molecule has 0 fully saturated rings. The second-order valence-corrected chi connectivity index (χ2v) is 2.64. The second-order valence-electron chi connectivity index (χ2n) is 2.64. The molecule has 0 spiro atoms. The van der Waals surface area contributed by atoms with E-state index in [-0.39, 0.29) is 6.61 Å². The Kier molecular flexibility index (Phi) is 2.06. The van der Waals surface area contributed by atoms with Gasteiger partial charge in [0, 0.05) is 18.0 Å². The Morgan fingerprint density at radius 3 is 2.92 bits per heavy atom. The molecule has 0 saturated carbocycles. The summed E-state index contributed by atoms with van der Waals surface area (Å²) in [6, 6.07) is 3.79. The van der Waals surface area contributed by atoms with Gasteiger partial charge in [0.15, 0.2) is 0 Å². The normalized spacial score (nSPS) is 10.2. The molecule has 0 amide bonds. The number of imidazole rings is 1. The van der Waals surface area contributed by atoms with Crippen molar-refractivity contribution in [2.75, 3.05) is 0 Å². The number of nitrogens with one attached hydrogen (secondary N) is 1. The molecule has 0 unspecified atom stereocenters. The first kappa shape index (κ1) is 7.94. The van der Waals surface area contributed by atoms with E-state index in [4.69, 9.17) is 5.11 Å². The fourth-order valence-corrected chi connectivity index (χ4v) is 1.11. The lowest BCUT2D eigenvalue weighted by atomic mass is 10.2. The van der Waals surface area contributed by atoms with Gasteiger partial charge in [-0.3, -0.25) is 4.98 Å². The minimum atomic E-state index is -0.0692. The standard InChI is InChI=1S/C9H9N3O/c13-6-9-11-5-8(12-9)7-2-1-3-10-4-7/h1-5,13H,6H2,(H,11,12). The van der Waals surface area contributed by atoms with E-state index in [1.165, 1.54) is 0 Å². The Balaban J connectivity index is 2.36. The van der Waals surface area contributed by atoms with Gasteiger partial charge in [-0.05, 0) is 12.1 Å². The highest BCUT2D eigenvalue weighted by atomic mass is 16.3. The first-order valence-corrected chi connectivity index (χ1v) is 3.95. The van der Waals surface area contributed by atoms with E-state index in [2.05, 4.69) is 15.0 Å². The number of nitrogens with zero attached hydrogens (tertiary/aromatic N) is 2. The first-order valence-electron chi connectivity index (χ1n) is 3.95. The third-order valence-corrected chi connectivity index (χ3v) is 1.75. The molecule has 4 nitrogen and oxygen atoms in total. The number of H-pyrrole nitrogens is 1. The maximum atomic E-state index is 8.79. The molecule has 13 heavy (non-hydrogen) atoms. The lowest BCUT2D eigenvalue weighted by molar-refractivity contribution is 0.272. The highest BCUT2D eigenvalue weighted by Gasteiger charge is 2.00. The van der Waals surface area contributed by atoms with E-state index < -0.39 is 0 Å². The van der Waals surface area contributed by atoms with Gasteiger partial charge in [-0.25, -0.2) is 4.98 Å². The molecule has 2 aromatic rings. The topological polar surface area (TPSA) is 61.8 Å². The van der Waals surface area contributed by atoms with Crippen LogP contribution >= 0.6 is 0 Å². The summed E-state index contributed by atoms with van der Waals surface area (Å²) in [5.74, 6) is 0.568. The molecule has 0 aliphatic heterocycles. The number of rotatable bonds is 2. The molecule has 0 saturated heterocycles. The van der Waals surface area contributed by atoms with Gasteiger partial charge in [0.1, 0.15) is 12.4 Å². The first-order chi connectivity index (χ1) is 6.40. The number of hydrogen-bond donors (Lipinski definition) is 2. The van der Waals surface area contributed by atoms with Gasteiger partial charge >= 0.3 is 0 Å². The van der Waals surface area contributed by atoms with Gasteiger partial charge in [-0.1, -0.05) is 0 Å². The highest BCUT2D eigenvalue weighted by Crippen LogP contribution is 2.14. The maximum Gasteiger partial charge on any atom is 0.132 e. The summed E-state index contributed by atoms with van der Waals surface area (Å²) in [5.41, 5.74) is 1.84. The van der Waals surface area contributed by atoms with Crippen LogP contribution in [0.3, 0.4) is 0 Å². The van der Waals surface area contributed by atoms with Crippen molar-refractivity contribution >= 4 is 0 Å². The Bertz CT molecular complexity index is 383. The molecular weight excluding hydrogens is 166 g/mol. The van der Waals surface area contributed by atoms with Gasteiger partial charge in [-0.2, -0.15) is 0 Å². The van der Waals surface area contributed by atoms with Crippen LogP contribution in [0.5, 0.6) is 0 Å². The molecule has 0 aliphatic rings. The van der Waals surface area contributed by atoms with Gasteiger partial charge < -0.3 is 10.1 Å². The molecule has 66 valence electrons. The average molecular weight is 175 g/mol. The van der Waals surface area contributed by atoms with Crippen molar-refractivity contribution in [3.05, 3.63) is 36.5 Å². The predicted molar refractivity (Wildman–Crippen MR) is 47.7 cm³/mol. The van der Waals surface area contributed by atoms with Crippen LogP contribution in [0.25, 0.3) is 11.3 Å². The molecule has 2 heterocycles. The average Bonchev–Trinajstić information content (AvgIpc) is 2.67. The van der Waals surface area contributed by atoms with Crippen LogP contribution in [0, 0.1) is 0 Å². The van der Waals surface area contributed by atoms with E-state index in [0.717, 1.165) is 11.3 Å². The molecule has 2 rings (SSSR count). The molecular formula is C9H9N3O. The van der Waals surface area contributed by atoms with E-state index in [1.807, 2.05) is 12.1 Å². The van der Waals surface area contributed by atoms with Crippen molar-refractivity contribution in [2.45, 2.75) is 6.61 Å². The van der Waals surface area contributed by atoms with Crippen LogP contribution in [0.1, 0.15) is 5.82 Å². The van der Waals surface area contributed by atoms with Crippen molar-refractivity contribution in [1.82, 2.24) is 15.0 Å². The third-order valence-electron chi connectivity index (χ3n) is 1.75. The van der Waals surface area contributed by atoms with E-state index >= 15 is 0 Å². The van der Waals surface area contributed by atoms with Crippen molar-refractivity contribution in [3.63, 3.8) is 0 Å². The van der Waals surface area contributed by atoms with Gasteiger partial charge in [-0.15, -0.1) is 0 Å². The Morgan fingerprint density at radius 2 is 2.31 bits per heavy atom. The molecule has 0 radical (unpaired) electrons. The van der Waals surface area contributed by atoms with Gasteiger partial charge in [0.05, 0.1) is 11.9 Å². The Labute approximate surface area is 75.3 Å². The number of aliphatic hydroxyl groups is 1. The van der Waals surface area contributed by atoms with Crippen LogP contribution in [0.2, 0.25) is 0 Å². The number of aromatic amines is 1. The molecule has 0 bridgehead atoms. The summed E-state index contributed by atoms with van der Waals surface area (Å²) in [6.07, 6.45) is 5.14. The largest absolute Gasteiger partial charge is 0.388 e. The summed E-state index contributed by atoms with van der Waals surface area (Å²) in [6.45, 7) is -0.0692. The van der Waals surface area contributed by atoms with Crippen LogP contribution in [0.4, 0.5) is 0 Å². The lowest BCUT2D eigenvalue weighted by Gasteiger charge is -1.93. The molecule has 0 aromatic carbocycles. The molecule has 0 aliphatic carbocycles. The van der Waals surface area contributed by atoms with Crippen molar-refractivity contribution in [2.24, 2.45) is 0 Å². The number of hydrogen-bond acceptors (Lipinski definition) is 3. The summed E-state index contributed by atoms with van der Waals surface area (Å²) >= 11 is 0. The molecule has 2 aromatic heterocycles. The van der Waals surface area contributed by atoms with E-state index in [0.29, 0.717) is 5.82 Å². The SMILES string of the molecule is OCc1ncc(-c2cccnc2)[nH]1. The van der Waals surface area contributed by atoms with E-state index in [1.54, 1.807) is 18.6 Å². The van der Waals surface area contributed by atoms with Gasteiger partial charge in [0.25, 0.3) is 0 Å². The quantitative estimate of drug-likeness (QED) is 0.714. The molecule has 0 atom stereocenters. The fourth-order valence-electron chi connectivity index (χ4n) is 1.11. The summed E-state index contributed by atoms with van der Waals surface area (Å²) in [5, 5.41) is 8.79. The van der Waals surface area contributed by atoms with Gasteiger partial charge in [0.2, 0.25) is 0 Å². The number of aliphatic hydroxyl groups excluding tert-OH is 1. The van der Waals surface area contributed by atoms with Crippen LogP contribution in [-0.4, -0.2) is 20.1 Å². The minimum absolute atomic E-state index is 0.0692. The third kappa shape index (κ3) is 1.57.